The molecule has 0 aromatic heterocycles. The fraction of sp³-hybridized carbons (Fsp3) is 0.417. The van der Waals surface area contributed by atoms with E-state index in [0.717, 1.165) is 12.8 Å². The Hall–Kier alpha value is -1.22. The van der Waals surface area contributed by atoms with Crippen molar-refractivity contribution >= 4 is 16.6 Å². The first-order valence-electron chi connectivity index (χ1n) is 5.37. The molecule has 0 amide bonds. The van der Waals surface area contributed by atoms with E-state index >= 15 is 0 Å². The minimum atomic E-state index is -0.244. The zero-order valence-electron chi connectivity index (χ0n) is 9.77. The molecule has 1 aromatic rings. The van der Waals surface area contributed by atoms with Crippen LogP contribution in [0, 0.1) is 0 Å². The molecule has 0 spiro atoms. The van der Waals surface area contributed by atoms with Gasteiger partial charge in [-0.05, 0) is 25.3 Å². The van der Waals surface area contributed by atoms with Crippen molar-refractivity contribution in [2.24, 2.45) is 4.99 Å². The lowest BCUT2D eigenvalue weighted by molar-refractivity contribution is 0.0876. The molecule has 0 bridgehead atoms. The van der Waals surface area contributed by atoms with Gasteiger partial charge in [-0.2, -0.15) is 0 Å². The van der Waals surface area contributed by atoms with Crippen molar-refractivity contribution in [1.29, 1.82) is 0 Å². The molecular formula is C12H17NO2Si. The van der Waals surface area contributed by atoms with Crippen LogP contribution in [0.5, 0.6) is 0 Å². The van der Waals surface area contributed by atoms with Gasteiger partial charge in [-0.3, -0.25) is 0 Å². The summed E-state index contributed by atoms with van der Waals surface area (Å²) in [5.41, 5.74) is 0.936. The minimum Gasteiger partial charge on any atom is -0.419 e. The van der Waals surface area contributed by atoms with E-state index in [1.165, 1.54) is 5.56 Å². The second-order valence-corrected chi connectivity index (χ2v) is 4.29. The number of nitrogens with zero attached hydrogens (tertiary/aromatic N) is 1. The SMILES string of the molecule is CC(CCCN=C=O)(O[SiH3])c1ccccc1. The van der Waals surface area contributed by atoms with Crippen molar-refractivity contribution in [3.63, 3.8) is 0 Å². The van der Waals surface area contributed by atoms with Crippen LogP contribution in [-0.4, -0.2) is 23.1 Å². The molecular weight excluding hydrogens is 218 g/mol. The van der Waals surface area contributed by atoms with Gasteiger partial charge >= 0.3 is 0 Å². The van der Waals surface area contributed by atoms with Crippen LogP contribution >= 0.6 is 0 Å². The Balaban J connectivity index is 2.66. The number of hydrogen-bond acceptors (Lipinski definition) is 3. The lowest BCUT2D eigenvalue weighted by Crippen LogP contribution is -2.25. The monoisotopic (exact) mass is 235 g/mol. The Bertz CT molecular complexity index is 363. The quantitative estimate of drug-likeness (QED) is 0.323. The molecule has 3 nitrogen and oxygen atoms in total. The largest absolute Gasteiger partial charge is 0.419 e. The Labute approximate surface area is 99.1 Å². The number of carbonyl (C=O) groups excluding carboxylic acids is 1. The van der Waals surface area contributed by atoms with Crippen LogP contribution in [0.1, 0.15) is 25.3 Å². The number of isocyanates is 1. The van der Waals surface area contributed by atoms with Gasteiger partial charge in [-0.1, -0.05) is 30.3 Å². The maximum atomic E-state index is 9.95. The summed E-state index contributed by atoms with van der Waals surface area (Å²) < 4.78 is 5.70. The fourth-order valence-corrected chi connectivity index (χ4v) is 2.14. The van der Waals surface area contributed by atoms with E-state index in [4.69, 9.17) is 4.43 Å². The first-order chi connectivity index (χ1) is 7.73. The van der Waals surface area contributed by atoms with Gasteiger partial charge in [0, 0.05) is 0 Å². The zero-order valence-corrected chi connectivity index (χ0v) is 11.8. The molecule has 0 aliphatic carbocycles. The Morgan fingerprint density at radius 2 is 2.12 bits per heavy atom. The third kappa shape index (κ3) is 3.42. The first-order valence-corrected chi connectivity index (χ1v) is 6.19. The molecule has 1 unspecified atom stereocenters. The maximum absolute atomic E-state index is 9.95. The minimum absolute atomic E-state index is 0.244. The predicted octanol–water partition coefficient (Wildman–Crippen LogP) is 1.31. The summed E-state index contributed by atoms with van der Waals surface area (Å²) in [4.78, 5) is 13.5. The molecule has 16 heavy (non-hydrogen) atoms. The van der Waals surface area contributed by atoms with Crippen molar-refractivity contribution < 1.29 is 9.22 Å². The van der Waals surface area contributed by atoms with Gasteiger partial charge in [-0.25, -0.2) is 9.79 Å². The highest BCUT2D eigenvalue weighted by molar-refractivity contribution is 5.98. The van der Waals surface area contributed by atoms with E-state index in [2.05, 4.69) is 24.0 Å². The van der Waals surface area contributed by atoms with Crippen LogP contribution in [0.4, 0.5) is 0 Å². The van der Waals surface area contributed by atoms with Crippen LogP contribution in [0.2, 0.25) is 0 Å². The van der Waals surface area contributed by atoms with Gasteiger partial charge in [0.1, 0.15) is 10.5 Å². The third-order valence-electron chi connectivity index (χ3n) is 2.82. The Kier molecular flexibility index (Phi) is 5.12. The summed E-state index contributed by atoms with van der Waals surface area (Å²) in [5.74, 6) is 0. The molecule has 1 rings (SSSR count). The van der Waals surface area contributed by atoms with Crippen LogP contribution in [-0.2, 0) is 14.8 Å². The van der Waals surface area contributed by atoms with E-state index in [1.54, 1.807) is 6.08 Å². The maximum Gasteiger partial charge on any atom is 0.234 e. The summed E-state index contributed by atoms with van der Waals surface area (Å²) >= 11 is 0. The van der Waals surface area contributed by atoms with Crippen molar-refractivity contribution in [1.82, 2.24) is 0 Å². The summed E-state index contributed by atoms with van der Waals surface area (Å²) in [7, 11) is 0.693. The van der Waals surface area contributed by atoms with Crippen LogP contribution < -0.4 is 0 Å². The molecule has 0 heterocycles. The highest BCUT2D eigenvalue weighted by Crippen LogP contribution is 2.29. The van der Waals surface area contributed by atoms with Crippen molar-refractivity contribution in [2.75, 3.05) is 6.54 Å². The molecule has 0 saturated carbocycles. The van der Waals surface area contributed by atoms with E-state index in [0.29, 0.717) is 17.0 Å². The molecule has 0 saturated heterocycles. The van der Waals surface area contributed by atoms with Crippen LogP contribution in [0.15, 0.2) is 35.3 Å². The predicted molar refractivity (Wildman–Crippen MR) is 67.0 cm³/mol. The number of aliphatic imine (C=N–C) groups is 1. The number of rotatable bonds is 6. The smallest absolute Gasteiger partial charge is 0.234 e. The van der Waals surface area contributed by atoms with Gasteiger partial charge in [0.2, 0.25) is 6.08 Å². The summed E-state index contributed by atoms with van der Waals surface area (Å²) in [6.45, 7) is 2.61. The van der Waals surface area contributed by atoms with E-state index in [-0.39, 0.29) is 5.60 Å². The van der Waals surface area contributed by atoms with Gasteiger partial charge in [0.05, 0.1) is 12.1 Å². The second-order valence-electron chi connectivity index (χ2n) is 3.88. The number of hydrogen-bond donors (Lipinski definition) is 0. The standard InChI is InChI=1S/C12H17NO2Si/c1-12(15-16,8-5-9-13-10-14)11-6-3-2-4-7-11/h2-4,6-7H,5,8-9H2,1,16H3. The third-order valence-corrected chi connectivity index (χ3v) is 3.72. The van der Waals surface area contributed by atoms with E-state index in [1.807, 2.05) is 18.2 Å². The highest BCUT2D eigenvalue weighted by atomic mass is 28.2. The summed E-state index contributed by atoms with van der Waals surface area (Å²) in [6.07, 6.45) is 3.26. The molecule has 0 radical (unpaired) electrons. The van der Waals surface area contributed by atoms with Crippen LogP contribution in [0.25, 0.3) is 0 Å². The van der Waals surface area contributed by atoms with Gasteiger partial charge < -0.3 is 4.43 Å². The second kappa shape index (κ2) is 6.38. The Morgan fingerprint density at radius 3 is 2.69 bits per heavy atom. The van der Waals surface area contributed by atoms with Gasteiger partial charge in [-0.15, -0.1) is 0 Å². The summed E-state index contributed by atoms with van der Waals surface area (Å²) in [5, 5.41) is 0. The molecule has 0 fully saturated rings. The average molecular weight is 235 g/mol. The lowest BCUT2D eigenvalue weighted by atomic mass is 9.91. The van der Waals surface area contributed by atoms with Gasteiger partial charge in [0.25, 0.3) is 0 Å². The summed E-state index contributed by atoms with van der Waals surface area (Å²) in [6, 6.07) is 10.2. The molecule has 86 valence electrons. The van der Waals surface area contributed by atoms with Crippen molar-refractivity contribution in [2.45, 2.75) is 25.4 Å². The van der Waals surface area contributed by atoms with Gasteiger partial charge in [0.15, 0.2) is 0 Å². The molecule has 0 aliphatic rings. The Morgan fingerprint density at radius 1 is 1.44 bits per heavy atom. The molecule has 1 aromatic carbocycles. The first kappa shape index (κ1) is 12.8. The fourth-order valence-electron chi connectivity index (χ4n) is 1.70. The van der Waals surface area contributed by atoms with E-state index in [9.17, 15) is 4.79 Å². The highest BCUT2D eigenvalue weighted by Gasteiger charge is 2.24. The molecule has 4 heteroatoms. The van der Waals surface area contributed by atoms with E-state index < -0.39 is 0 Å². The molecule has 0 N–H and O–H groups in total. The topological polar surface area (TPSA) is 38.7 Å². The number of benzene rings is 1. The van der Waals surface area contributed by atoms with Crippen molar-refractivity contribution in [3.8, 4) is 0 Å². The normalized spacial score (nSPS) is 14.1. The lowest BCUT2D eigenvalue weighted by Gasteiger charge is -2.29. The molecule has 1 atom stereocenters. The molecule has 0 aliphatic heterocycles. The zero-order chi connectivity index (χ0) is 11.9. The van der Waals surface area contributed by atoms with Crippen molar-refractivity contribution in [3.05, 3.63) is 35.9 Å². The average Bonchev–Trinajstić information content (AvgIpc) is 2.35. The van der Waals surface area contributed by atoms with Crippen LogP contribution in [0.3, 0.4) is 0 Å².